The van der Waals surface area contributed by atoms with E-state index in [1.54, 1.807) is 0 Å². The maximum absolute atomic E-state index is 5.78. The van der Waals surface area contributed by atoms with Crippen molar-refractivity contribution in [1.29, 1.82) is 0 Å². The van der Waals surface area contributed by atoms with Gasteiger partial charge in [0.1, 0.15) is 0 Å². The molecule has 3 heteroatoms. The number of likely N-dealkylation sites (tertiary alicyclic amines) is 1. The van der Waals surface area contributed by atoms with Gasteiger partial charge in [0.05, 0.1) is 6.10 Å². The quantitative estimate of drug-likeness (QED) is 0.892. The summed E-state index contributed by atoms with van der Waals surface area (Å²) in [6.07, 6.45) is 5.52. The van der Waals surface area contributed by atoms with E-state index in [1.165, 1.54) is 44.3 Å². The highest BCUT2D eigenvalue weighted by Gasteiger charge is 2.23. The molecule has 0 radical (unpaired) electrons. The summed E-state index contributed by atoms with van der Waals surface area (Å²) >= 11 is 0. The number of hydrogen-bond donors (Lipinski definition) is 1. The van der Waals surface area contributed by atoms with Gasteiger partial charge in [-0.3, -0.25) is 4.90 Å². The standard InChI is InChI=1S/C17H26N2O/c1-2-6-15(7-3-1)13-19-10-9-16(14-19)18-12-17-8-4-5-11-20-17/h1-3,6-7,16-18H,4-5,8-14H2. The Labute approximate surface area is 122 Å². The number of rotatable bonds is 5. The van der Waals surface area contributed by atoms with Crippen LogP contribution >= 0.6 is 0 Å². The van der Waals surface area contributed by atoms with Gasteiger partial charge in [-0.15, -0.1) is 0 Å². The third-order valence-corrected chi connectivity index (χ3v) is 4.43. The number of nitrogens with zero attached hydrogens (tertiary/aromatic N) is 1. The molecule has 2 aliphatic heterocycles. The van der Waals surface area contributed by atoms with E-state index in [0.29, 0.717) is 12.1 Å². The summed E-state index contributed by atoms with van der Waals surface area (Å²) in [4.78, 5) is 2.55. The summed E-state index contributed by atoms with van der Waals surface area (Å²) in [6.45, 7) is 5.44. The molecule has 0 aromatic heterocycles. The van der Waals surface area contributed by atoms with Gasteiger partial charge in [0, 0.05) is 38.8 Å². The average molecular weight is 274 g/mol. The molecule has 110 valence electrons. The monoisotopic (exact) mass is 274 g/mol. The number of benzene rings is 1. The molecule has 0 amide bonds. The second kappa shape index (κ2) is 7.21. The van der Waals surface area contributed by atoms with Crippen molar-refractivity contribution in [1.82, 2.24) is 10.2 Å². The van der Waals surface area contributed by atoms with E-state index in [9.17, 15) is 0 Å². The molecule has 0 spiro atoms. The molecule has 3 rings (SSSR count). The van der Waals surface area contributed by atoms with Crippen molar-refractivity contribution in [3.05, 3.63) is 35.9 Å². The Morgan fingerprint density at radius 1 is 1.15 bits per heavy atom. The molecular weight excluding hydrogens is 248 g/mol. The lowest BCUT2D eigenvalue weighted by Gasteiger charge is -2.24. The lowest BCUT2D eigenvalue weighted by Crippen LogP contribution is -2.39. The molecule has 2 atom stereocenters. The van der Waals surface area contributed by atoms with Crippen LogP contribution in [0.1, 0.15) is 31.2 Å². The van der Waals surface area contributed by atoms with Crippen molar-refractivity contribution in [2.45, 2.75) is 44.4 Å². The van der Waals surface area contributed by atoms with Crippen LogP contribution in [-0.2, 0) is 11.3 Å². The summed E-state index contributed by atoms with van der Waals surface area (Å²) in [5, 5.41) is 3.70. The molecule has 2 heterocycles. The van der Waals surface area contributed by atoms with Crippen molar-refractivity contribution >= 4 is 0 Å². The van der Waals surface area contributed by atoms with E-state index in [0.717, 1.165) is 19.7 Å². The van der Waals surface area contributed by atoms with Gasteiger partial charge in [0.25, 0.3) is 0 Å². The first kappa shape index (κ1) is 14.1. The van der Waals surface area contributed by atoms with Gasteiger partial charge in [-0.05, 0) is 31.2 Å². The summed E-state index contributed by atoms with van der Waals surface area (Å²) in [6, 6.07) is 11.4. The molecule has 2 fully saturated rings. The highest BCUT2D eigenvalue weighted by molar-refractivity contribution is 5.14. The topological polar surface area (TPSA) is 24.5 Å². The first-order valence-electron chi connectivity index (χ1n) is 8.01. The highest BCUT2D eigenvalue weighted by atomic mass is 16.5. The van der Waals surface area contributed by atoms with Crippen LogP contribution in [0.15, 0.2) is 30.3 Å². The van der Waals surface area contributed by atoms with Crippen LogP contribution in [0.25, 0.3) is 0 Å². The first-order valence-corrected chi connectivity index (χ1v) is 8.01. The fraction of sp³-hybridized carbons (Fsp3) is 0.647. The van der Waals surface area contributed by atoms with Gasteiger partial charge >= 0.3 is 0 Å². The molecule has 2 aliphatic rings. The normalized spacial score (nSPS) is 27.8. The Morgan fingerprint density at radius 2 is 2.05 bits per heavy atom. The average Bonchev–Trinajstić information content (AvgIpc) is 2.95. The molecule has 20 heavy (non-hydrogen) atoms. The predicted octanol–water partition coefficient (Wildman–Crippen LogP) is 2.42. The Hall–Kier alpha value is -0.900. The van der Waals surface area contributed by atoms with Crippen LogP contribution in [-0.4, -0.2) is 43.3 Å². The fourth-order valence-corrected chi connectivity index (χ4v) is 3.25. The largest absolute Gasteiger partial charge is 0.377 e. The molecule has 1 N–H and O–H groups in total. The molecule has 2 saturated heterocycles. The molecule has 0 bridgehead atoms. The number of nitrogens with one attached hydrogen (secondary N) is 1. The zero-order valence-corrected chi connectivity index (χ0v) is 12.3. The van der Waals surface area contributed by atoms with Gasteiger partial charge in [0.15, 0.2) is 0 Å². The van der Waals surface area contributed by atoms with Crippen LogP contribution in [0.4, 0.5) is 0 Å². The van der Waals surface area contributed by atoms with E-state index in [2.05, 4.69) is 40.5 Å². The van der Waals surface area contributed by atoms with Crippen molar-refractivity contribution in [3.63, 3.8) is 0 Å². The maximum atomic E-state index is 5.78. The summed E-state index contributed by atoms with van der Waals surface area (Å²) < 4.78 is 5.78. The minimum atomic E-state index is 0.451. The zero-order chi connectivity index (χ0) is 13.6. The Morgan fingerprint density at radius 3 is 2.85 bits per heavy atom. The molecule has 1 aromatic carbocycles. The Kier molecular flexibility index (Phi) is 5.06. The number of ether oxygens (including phenoxy) is 1. The summed E-state index contributed by atoms with van der Waals surface area (Å²) in [5.74, 6) is 0. The van der Waals surface area contributed by atoms with Gasteiger partial charge in [0.2, 0.25) is 0 Å². The second-order valence-corrected chi connectivity index (χ2v) is 6.10. The minimum Gasteiger partial charge on any atom is -0.377 e. The van der Waals surface area contributed by atoms with Crippen molar-refractivity contribution < 1.29 is 4.74 Å². The van der Waals surface area contributed by atoms with Crippen molar-refractivity contribution in [2.24, 2.45) is 0 Å². The van der Waals surface area contributed by atoms with Gasteiger partial charge in [-0.25, -0.2) is 0 Å². The summed E-state index contributed by atoms with van der Waals surface area (Å²) in [5.41, 5.74) is 1.42. The summed E-state index contributed by atoms with van der Waals surface area (Å²) in [7, 11) is 0. The first-order chi connectivity index (χ1) is 9.90. The molecule has 0 saturated carbocycles. The maximum Gasteiger partial charge on any atom is 0.0699 e. The van der Waals surface area contributed by atoms with Crippen LogP contribution < -0.4 is 5.32 Å². The minimum absolute atomic E-state index is 0.451. The highest BCUT2D eigenvalue weighted by Crippen LogP contribution is 2.15. The van der Waals surface area contributed by atoms with Gasteiger partial charge in [-0.2, -0.15) is 0 Å². The molecule has 0 aliphatic carbocycles. The van der Waals surface area contributed by atoms with E-state index in [-0.39, 0.29) is 0 Å². The van der Waals surface area contributed by atoms with E-state index >= 15 is 0 Å². The van der Waals surface area contributed by atoms with E-state index < -0.39 is 0 Å². The number of hydrogen-bond acceptors (Lipinski definition) is 3. The van der Waals surface area contributed by atoms with Crippen LogP contribution in [0.5, 0.6) is 0 Å². The lowest BCUT2D eigenvalue weighted by molar-refractivity contribution is 0.0155. The van der Waals surface area contributed by atoms with Crippen LogP contribution in [0.2, 0.25) is 0 Å². The van der Waals surface area contributed by atoms with Crippen LogP contribution in [0, 0.1) is 0 Å². The third kappa shape index (κ3) is 4.05. The van der Waals surface area contributed by atoms with Crippen molar-refractivity contribution in [2.75, 3.05) is 26.2 Å². The van der Waals surface area contributed by atoms with Gasteiger partial charge < -0.3 is 10.1 Å². The molecular formula is C17H26N2O. The zero-order valence-electron chi connectivity index (χ0n) is 12.3. The van der Waals surface area contributed by atoms with E-state index in [1.807, 2.05) is 0 Å². The smallest absolute Gasteiger partial charge is 0.0699 e. The van der Waals surface area contributed by atoms with E-state index in [4.69, 9.17) is 4.74 Å². The Bertz CT molecular complexity index is 389. The van der Waals surface area contributed by atoms with Gasteiger partial charge in [-0.1, -0.05) is 30.3 Å². The van der Waals surface area contributed by atoms with Crippen molar-refractivity contribution in [3.8, 4) is 0 Å². The Balaban J connectivity index is 1.38. The van der Waals surface area contributed by atoms with Crippen LogP contribution in [0.3, 0.4) is 0 Å². The lowest BCUT2D eigenvalue weighted by atomic mass is 10.1. The predicted molar refractivity (Wildman–Crippen MR) is 81.7 cm³/mol. The molecule has 2 unspecified atom stereocenters. The second-order valence-electron chi connectivity index (χ2n) is 6.10. The molecule has 1 aromatic rings. The SMILES string of the molecule is c1ccc(CN2CCC(NCC3CCCCO3)C2)cc1. The third-order valence-electron chi connectivity index (χ3n) is 4.43. The molecule has 3 nitrogen and oxygen atoms in total. The fourth-order valence-electron chi connectivity index (χ4n) is 3.25.